The summed E-state index contributed by atoms with van der Waals surface area (Å²) in [5.41, 5.74) is 1.28. The molecular weight excluding hydrogens is 232 g/mol. The second-order valence-corrected chi connectivity index (χ2v) is 7.24. The Bertz CT molecular complexity index is 480. The number of aryl methyl sites for hydroxylation is 2. The summed E-state index contributed by atoms with van der Waals surface area (Å²) in [4.78, 5) is 0. The minimum absolute atomic E-state index is 0.849. The molecule has 5 rings (SSSR count). The maximum Gasteiger partial charge on any atom is 0.108 e. The average Bonchev–Trinajstić information content (AvgIpc) is 2.66. The van der Waals surface area contributed by atoms with E-state index < -0.39 is 0 Å². The predicted octanol–water partition coefficient (Wildman–Crippen LogP) is 4.98. The number of hydrogen-bond donors (Lipinski definition) is 0. The molecule has 1 heterocycles. The smallest absolute Gasteiger partial charge is 0.108 e. The first-order valence-corrected chi connectivity index (χ1v) is 7.94. The molecule has 4 aliphatic rings. The first kappa shape index (κ1) is 11.8. The molecule has 0 atom stereocenters. The zero-order valence-corrected chi connectivity index (χ0v) is 12.1. The fraction of sp³-hybridized carbons (Fsp3) is 0.667. The molecule has 0 radical (unpaired) electrons. The molecule has 0 unspecified atom stereocenters. The molecule has 4 bridgehead atoms. The quantitative estimate of drug-likeness (QED) is 0.727. The minimum Gasteiger partial charge on any atom is -0.466 e. The van der Waals surface area contributed by atoms with E-state index in [0.717, 1.165) is 41.1 Å². The molecular formula is C18H24O. The zero-order valence-electron chi connectivity index (χ0n) is 12.1. The standard InChI is InChI=1S/C18H24O/c1-11-5-15(12(2)19-11)3-4-18-16-7-13-6-14(9-16)10-17(18)8-13/h3-5,13-14,16-18H,6-10H2,1-2H3. The molecule has 0 aliphatic heterocycles. The van der Waals surface area contributed by atoms with Gasteiger partial charge in [0.2, 0.25) is 0 Å². The van der Waals surface area contributed by atoms with Gasteiger partial charge in [0.25, 0.3) is 0 Å². The van der Waals surface area contributed by atoms with Crippen molar-refractivity contribution >= 4 is 6.08 Å². The third kappa shape index (κ3) is 1.98. The Labute approximate surface area is 116 Å². The van der Waals surface area contributed by atoms with Crippen LogP contribution in [0.15, 0.2) is 16.6 Å². The Hall–Kier alpha value is -0.980. The van der Waals surface area contributed by atoms with Gasteiger partial charge in [-0.05, 0) is 81.6 Å². The summed E-state index contributed by atoms with van der Waals surface area (Å²) in [5, 5.41) is 0. The van der Waals surface area contributed by atoms with E-state index in [0.29, 0.717) is 0 Å². The molecule has 19 heavy (non-hydrogen) atoms. The Morgan fingerprint density at radius 2 is 1.63 bits per heavy atom. The van der Waals surface area contributed by atoms with Gasteiger partial charge in [-0.2, -0.15) is 0 Å². The summed E-state index contributed by atoms with van der Waals surface area (Å²) in [6, 6.07) is 2.17. The van der Waals surface area contributed by atoms with Crippen LogP contribution in [0.4, 0.5) is 0 Å². The van der Waals surface area contributed by atoms with Crippen molar-refractivity contribution < 1.29 is 4.42 Å². The van der Waals surface area contributed by atoms with Gasteiger partial charge in [0.15, 0.2) is 0 Å². The van der Waals surface area contributed by atoms with E-state index in [4.69, 9.17) is 4.42 Å². The van der Waals surface area contributed by atoms with Crippen molar-refractivity contribution in [3.63, 3.8) is 0 Å². The second-order valence-electron chi connectivity index (χ2n) is 7.24. The zero-order chi connectivity index (χ0) is 13.0. The Morgan fingerprint density at radius 3 is 2.16 bits per heavy atom. The highest BCUT2D eigenvalue weighted by Crippen LogP contribution is 2.56. The van der Waals surface area contributed by atoms with Gasteiger partial charge in [0.1, 0.15) is 11.5 Å². The largest absolute Gasteiger partial charge is 0.466 e. The molecule has 0 amide bonds. The van der Waals surface area contributed by atoms with Crippen molar-refractivity contribution in [3.8, 4) is 0 Å². The summed E-state index contributed by atoms with van der Waals surface area (Å²) in [7, 11) is 0. The predicted molar refractivity (Wildman–Crippen MR) is 77.8 cm³/mol. The van der Waals surface area contributed by atoms with Crippen LogP contribution in [0.2, 0.25) is 0 Å². The Balaban J connectivity index is 1.55. The van der Waals surface area contributed by atoms with Crippen molar-refractivity contribution in [2.75, 3.05) is 0 Å². The van der Waals surface area contributed by atoms with Crippen LogP contribution in [0.1, 0.15) is 49.2 Å². The minimum atomic E-state index is 0.849. The number of furan rings is 1. The van der Waals surface area contributed by atoms with Gasteiger partial charge in [-0.25, -0.2) is 0 Å². The van der Waals surface area contributed by atoms with Crippen LogP contribution in [-0.4, -0.2) is 0 Å². The van der Waals surface area contributed by atoms with Crippen molar-refractivity contribution in [3.05, 3.63) is 29.2 Å². The highest BCUT2D eigenvalue weighted by atomic mass is 16.3. The van der Waals surface area contributed by atoms with Crippen molar-refractivity contribution in [1.29, 1.82) is 0 Å². The van der Waals surface area contributed by atoms with E-state index in [1.165, 1.54) is 31.2 Å². The molecule has 1 aromatic heterocycles. The summed E-state index contributed by atoms with van der Waals surface area (Å²) >= 11 is 0. The average molecular weight is 256 g/mol. The fourth-order valence-electron chi connectivity index (χ4n) is 5.31. The molecule has 4 aliphatic carbocycles. The topological polar surface area (TPSA) is 13.1 Å². The second kappa shape index (κ2) is 4.26. The number of allylic oxidation sites excluding steroid dienone is 1. The molecule has 4 fully saturated rings. The third-order valence-corrected chi connectivity index (χ3v) is 5.88. The lowest BCUT2D eigenvalue weighted by Gasteiger charge is -2.53. The van der Waals surface area contributed by atoms with Crippen molar-refractivity contribution in [2.45, 2.75) is 46.0 Å². The van der Waals surface area contributed by atoms with Crippen molar-refractivity contribution in [1.82, 2.24) is 0 Å². The third-order valence-electron chi connectivity index (χ3n) is 5.88. The number of rotatable bonds is 2. The van der Waals surface area contributed by atoms with Crippen molar-refractivity contribution in [2.24, 2.45) is 29.6 Å². The normalized spacial score (nSPS) is 40.4. The van der Waals surface area contributed by atoms with Gasteiger partial charge in [-0.15, -0.1) is 0 Å². The van der Waals surface area contributed by atoms with Crippen LogP contribution < -0.4 is 0 Å². The SMILES string of the molecule is Cc1cc(C=CC2C3CC4CC(C3)CC2C4)c(C)o1. The molecule has 4 saturated carbocycles. The van der Waals surface area contributed by atoms with E-state index in [-0.39, 0.29) is 0 Å². The Kier molecular flexibility index (Phi) is 2.65. The molecule has 0 saturated heterocycles. The van der Waals surface area contributed by atoms with E-state index in [1.807, 2.05) is 6.92 Å². The molecule has 0 N–H and O–H groups in total. The van der Waals surface area contributed by atoms with E-state index in [9.17, 15) is 0 Å². The molecule has 1 aromatic rings. The lowest BCUT2D eigenvalue weighted by molar-refractivity contribution is -0.0158. The number of hydrogen-bond acceptors (Lipinski definition) is 1. The molecule has 1 nitrogen and oxygen atoms in total. The first-order chi connectivity index (χ1) is 9.19. The van der Waals surface area contributed by atoms with Crippen LogP contribution in [0.3, 0.4) is 0 Å². The highest BCUT2D eigenvalue weighted by molar-refractivity contribution is 5.52. The fourth-order valence-corrected chi connectivity index (χ4v) is 5.31. The summed E-state index contributed by atoms with van der Waals surface area (Å²) in [6.45, 7) is 4.11. The lowest BCUT2D eigenvalue weighted by Crippen LogP contribution is -2.44. The maximum absolute atomic E-state index is 5.62. The van der Waals surface area contributed by atoms with E-state index >= 15 is 0 Å². The molecule has 0 spiro atoms. The van der Waals surface area contributed by atoms with Gasteiger partial charge < -0.3 is 4.42 Å². The van der Waals surface area contributed by atoms with Gasteiger partial charge in [0, 0.05) is 5.56 Å². The monoisotopic (exact) mass is 256 g/mol. The lowest BCUT2D eigenvalue weighted by atomic mass is 9.52. The van der Waals surface area contributed by atoms with Gasteiger partial charge >= 0.3 is 0 Å². The summed E-state index contributed by atoms with van der Waals surface area (Å²) in [5.74, 6) is 7.07. The Morgan fingerprint density at radius 1 is 1.00 bits per heavy atom. The van der Waals surface area contributed by atoms with E-state index in [1.54, 1.807) is 6.42 Å². The molecule has 0 aromatic carbocycles. The maximum atomic E-state index is 5.62. The summed E-state index contributed by atoms with van der Waals surface area (Å²) in [6.07, 6.45) is 12.4. The van der Waals surface area contributed by atoms with Crippen LogP contribution in [0.25, 0.3) is 6.08 Å². The van der Waals surface area contributed by atoms with Crippen LogP contribution in [-0.2, 0) is 0 Å². The van der Waals surface area contributed by atoms with Crippen LogP contribution in [0, 0.1) is 43.4 Å². The van der Waals surface area contributed by atoms with Crippen LogP contribution >= 0.6 is 0 Å². The molecule has 1 heteroatoms. The summed E-state index contributed by atoms with van der Waals surface area (Å²) < 4.78 is 5.62. The van der Waals surface area contributed by atoms with Gasteiger partial charge in [-0.3, -0.25) is 0 Å². The van der Waals surface area contributed by atoms with Crippen LogP contribution in [0.5, 0.6) is 0 Å². The first-order valence-electron chi connectivity index (χ1n) is 7.94. The highest BCUT2D eigenvalue weighted by Gasteiger charge is 2.46. The van der Waals surface area contributed by atoms with Gasteiger partial charge in [0.05, 0.1) is 0 Å². The molecule has 102 valence electrons. The van der Waals surface area contributed by atoms with E-state index in [2.05, 4.69) is 25.1 Å². The van der Waals surface area contributed by atoms with Gasteiger partial charge in [-0.1, -0.05) is 12.2 Å².